The molecule has 0 saturated carbocycles. The van der Waals surface area contributed by atoms with Crippen molar-refractivity contribution in [2.24, 2.45) is 5.92 Å². The van der Waals surface area contributed by atoms with Crippen molar-refractivity contribution in [3.63, 3.8) is 0 Å². The first-order chi connectivity index (χ1) is 9.31. The second-order valence-corrected chi connectivity index (χ2v) is 5.96. The van der Waals surface area contributed by atoms with Crippen LogP contribution in [0.2, 0.25) is 0 Å². The first-order valence-corrected chi connectivity index (χ1v) is 7.43. The molecule has 20 heavy (non-hydrogen) atoms. The summed E-state index contributed by atoms with van der Waals surface area (Å²) >= 11 is 0. The molecule has 0 amide bonds. The average molecular weight is 296 g/mol. The van der Waals surface area contributed by atoms with E-state index in [9.17, 15) is 13.2 Å². The lowest BCUT2D eigenvalue weighted by atomic mass is 9.98. The molecule has 0 aromatic carbocycles. The summed E-state index contributed by atoms with van der Waals surface area (Å²) in [6.07, 6.45) is -2.14. The molecule has 0 aliphatic carbocycles. The Morgan fingerprint density at radius 3 is 2.60 bits per heavy atom. The Hall–Kier alpha value is -0.330. The van der Waals surface area contributed by atoms with Crippen molar-refractivity contribution in [3.8, 4) is 0 Å². The highest BCUT2D eigenvalue weighted by molar-refractivity contribution is 4.86. The summed E-state index contributed by atoms with van der Waals surface area (Å²) < 4.78 is 40.8. The fourth-order valence-corrected chi connectivity index (χ4v) is 2.62. The zero-order valence-corrected chi connectivity index (χ0v) is 12.7. The van der Waals surface area contributed by atoms with Crippen molar-refractivity contribution in [3.05, 3.63) is 0 Å². The van der Waals surface area contributed by atoms with Gasteiger partial charge in [-0.1, -0.05) is 20.8 Å². The van der Waals surface area contributed by atoms with E-state index in [1.54, 1.807) is 0 Å². The maximum absolute atomic E-state index is 12.0. The van der Waals surface area contributed by atoms with Crippen LogP contribution >= 0.6 is 0 Å². The molecule has 1 rings (SSSR count). The van der Waals surface area contributed by atoms with Crippen molar-refractivity contribution < 1.29 is 17.9 Å². The molecular formula is C14H27F3N2O. The van der Waals surface area contributed by atoms with E-state index in [0.29, 0.717) is 24.5 Å². The van der Waals surface area contributed by atoms with Crippen molar-refractivity contribution in [2.45, 2.75) is 51.9 Å². The number of piperazine rings is 1. The second kappa shape index (κ2) is 8.20. The molecule has 0 spiro atoms. The fourth-order valence-electron chi connectivity index (χ4n) is 2.62. The van der Waals surface area contributed by atoms with Gasteiger partial charge in [0.1, 0.15) is 6.61 Å². The van der Waals surface area contributed by atoms with E-state index < -0.39 is 12.8 Å². The lowest BCUT2D eigenvalue weighted by Crippen LogP contribution is -2.57. The third kappa shape index (κ3) is 6.90. The van der Waals surface area contributed by atoms with Gasteiger partial charge in [0.25, 0.3) is 0 Å². The van der Waals surface area contributed by atoms with E-state index in [-0.39, 0.29) is 6.61 Å². The van der Waals surface area contributed by atoms with E-state index in [0.717, 1.165) is 25.9 Å². The Bertz CT molecular complexity index is 272. The molecule has 2 atom stereocenters. The summed E-state index contributed by atoms with van der Waals surface area (Å²) in [5, 5.41) is 3.51. The van der Waals surface area contributed by atoms with Crippen LogP contribution in [0.25, 0.3) is 0 Å². The number of rotatable bonds is 7. The molecule has 120 valence electrons. The quantitative estimate of drug-likeness (QED) is 0.731. The number of halogens is 3. The molecule has 0 radical (unpaired) electrons. The summed E-state index contributed by atoms with van der Waals surface area (Å²) in [6, 6.07) is 0.827. The van der Waals surface area contributed by atoms with E-state index in [2.05, 4.69) is 31.0 Å². The number of hydrogen-bond donors (Lipinski definition) is 1. The van der Waals surface area contributed by atoms with E-state index in [4.69, 9.17) is 4.74 Å². The zero-order valence-electron chi connectivity index (χ0n) is 12.7. The topological polar surface area (TPSA) is 24.5 Å². The van der Waals surface area contributed by atoms with Crippen LogP contribution in [0.15, 0.2) is 0 Å². The molecule has 3 nitrogen and oxygen atoms in total. The standard InChI is InChI=1S/C14H27F3N2O/c1-4-12-9-19(5-6-20-10-14(15,16)17)13(8-18-12)7-11(2)3/h11-13,18H,4-10H2,1-3H3. The van der Waals surface area contributed by atoms with E-state index >= 15 is 0 Å². The van der Waals surface area contributed by atoms with Gasteiger partial charge in [-0.2, -0.15) is 13.2 Å². The summed E-state index contributed by atoms with van der Waals surface area (Å²) in [4.78, 5) is 2.28. The lowest BCUT2D eigenvalue weighted by molar-refractivity contribution is -0.175. The molecular weight excluding hydrogens is 269 g/mol. The van der Waals surface area contributed by atoms with Gasteiger partial charge in [0.15, 0.2) is 0 Å². The first kappa shape index (κ1) is 17.7. The molecule has 6 heteroatoms. The Labute approximate surface area is 119 Å². The van der Waals surface area contributed by atoms with Gasteiger partial charge in [0.2, 0.25) is 0 Å². The SMILES string of the molecule is CCC1CN(CCOCC(F)(F)F)C(CC(C)C)CN1. The van der Waals surface area contributed by atoms with E-state index in [1.165, 1.54) is 0 Å². The van der Waals surface area contributed by atoms with Gasteiger partial charge >= 0.3 is 6.18 Å². The van der Waals surface area contributed by atoms with Gasteiger partial charge in [-0.3, -0.25) is 4.90 Å². The molecule has 0 aromatic heterocycles. The molecule has 1 saturated heterocycles. The molecule has 1 N–H and O–H groups in total. The van der Waals surface area contributed by atoms with Crippen molar-refractivity contribution >= 4 is 0 Å². The van der Waals surface area contributed by atoms with Gasteiger partial charge in [-0.25, -0.2) is 0 Å². The van der Waals surface area contributed by atoms with Gasteiger partial charge in [0, 0.05) is 31.7 Å². The highest BCUT2D eigenvalue weighted by Crippen LogP contribution is 2.17. The first-order valence-electron chi connectivity index (χ1n) is 7.43. The number of nitrogens with zero attached hydrogens (tertiary/aromatic N) is 1. The number of alkyl halides is 3. The Morgan fingerprint density at radius 2 is 2.05 bits per heavy atom. The van der Waals surface area contributed by atoms with Crippen LogP contribution in [0.4, 0.5) is 13.2 Å². The van der Waals surface area contributed by atoms with Gasteiger partial charge in [-0.15, -0.1) is 0 Å². The second-order valence-electron chi connectivity index (χ2n) is 5.96. The summed E-state index contributed by atoms with van der Waals surface area (Å²) in [6.45, 7) is 7.84. The van der Waals surface area contributed by atoms with Crippen LogP contribution in [0.1, 0.15) is 33.6 Å². The van der Waals surface area contributed by atoms with E-state index in [1.807, 2.05) is 0 Å². The maximum Gasteiger partial charge on any atom is 0.411 e. The van der Waals surface area contributed by atoms with Crippen LogP contribution < -0.4 is 5.32 Å². The third-order valence-electron chi connectivity index (χ3n) is 3.64. The summed E-state index contributed by atoms with van der Waals surface area (Å²) in [7, 11) is 0. The molecule has 1 fully saturated rings. The minimum Gasteiger partial charge on any atom is -0.371 e. The van der Waals surface area contributed by atoms with Gasteiger partial charge in [0.05, 0.1) is 6.61 Å². The third-order valence-corrected chi connectivity index (χ3v) is 3.64. The van der Waals surface area contributed by atoms with Crippen LogP contribution in [0.3, 0.4) is 0 Å². The zero-order chi connectivity index (χ0) is 15.2. The summed E-state index contributed by atoms with van der Waals surface area (Å²) in [5.41, 5.74) is 0. The molecule has 1 aliphatic heterocycles. The van der Waals surface area contributed by atoms with Crippen molar-refractivity contribution in [1.82, 2.24) is 10.2 Å². The number of hydrogen-bond acceptors (Lipinski definition) is 3. The fraction of sp³-hybridized carbons (Fsp3) is 1.00. The van der Waals surface area contributed by atoms with Crippen LogP contribution in [-0.4, -0.2) is 56.0 Å². The summed E-state index contributed by atoms with van der Waals surface area (Å²) in [5.74, 6) is 0.582. The van der Waals surface area contributed by atoms with Crippen LogP contribution in [0.5, 0.6) is 0 Å². The predicted octanol–water partition coefficient (Wildman–Crippen LogP) is 2.66. The normalized spacial score (nSPS) is 25.4. The highest BCUT2D eigenvalue weighted by Gasteiger charge is 2.29. The highest BCUT2D eigenvalue weighted by atomic mass is 19.4. The molecule has 1 aliphatic rings. The van der Waals surface area contributed by atoms with Gasteiger partial charge in [-0.05, 0) is 18.8 Å². The lowest BCUT2D eigenvalue weighted by Gasteiger charge is -2.41. The number of nitrogens with one attached hydrogen (secondary N) is 1. The molecule has 2 unspecified atom stereocenters. The Morgan fingerprint density at radius 1 is 1.35 bits per heavy atom. The van der Waals surface area contributed by atoms with Gasteiger partial charge < -0.3 is 10.1 Å². The molecule has 0 bridgehead atoms. The molecule has 0 aromatic rings. The average Bonchev–Trinajstić information content (AvgIpc) is 2.34. The monoisotopic (exact) mass is 296 g/mol. The minimum absolute atomic E-state index is 0.143. The minimum atomic E-state index is -4.23. The van der Waals surface area contributed by atoms with Crippen molar-refractivity contribution in [1.29, 1.82) is 0 Å². The molecule has 1 heterocycles. The van der Waals surface area contributed by atoms with Crippen LogP contribution in [-0.2, 0) is 4.74 Å². The Balaban J connectivity index is 2.39. The predicted molar refractivity (Wildman–Crippen MR) is 73.8 cm³/mol. The Kier molecular flexibility index (Phi) is 7.26. The van der Waals surface area contributed by atoms with Crippen molar-refractivity contribution in [2.75, 3.05) is 32.8 Å². The maximum atomic E-state index is 12.0. The van der Waals surface area contributed by atoms with Crippen LogP contribution in [0, 0.1) is 5.92 Å². The smallest absolute Gasteiger partial charge is 0.371 e. The number of ether oxygens (including phenoxy) is 1. The largest absolute Gasteiger partial charge is 0.411 e.